The minimum atomic E-state index is -2.42. The molecule has 36 heavy (non-hydrogen) atoms. The van der Waals surface area contributed by atoms with Crippen molar-refractivity contribution in [3.63, 3.8) is 0 Å². The Labute approximate surface area is 218 Å². The molecule has 0 saturated heterocycles. The van der Waals surface area contributed by atoms with Gasteiger partial charge >= 0.3 is 0 Å². The van der Waals surface area contributed by atoms with Gasteiger partial charge in [0.05, 0.1) is 5.69 Å². The average molecular weight is 470 g/mol. The van der Waals surface area contributed by atoms with E-state index in [2.05, 4.69) is 41.4 Å². The zero-order valence-electron chi connectivity index (χ0n) is 25.6. The first kappa shape index (κ1) is 15.5. The van der Waals surface area contributed by atoms with Crippen LogP contribution in [0.1, 0.15) is 24.9 Å². The third kappa shape index (κ3) is 3.08. The summed E-state index contributed by atoms with van der Waals surface area (Å²) >= 11 is 0. The van der Waals surface area contributed by atoms with Gasteiger partial charge in [0.15, 0.2) is 0 Å². The minimum absolute atomic E-state index is 0.102. The van der Waals surface area contributed by atoms with Crippen LogP contribution in [-0.4, -0.2) is 4.98 Å². The van der Waals surface area contributed by atoms with E-state index in [-0.39, 0.29) is 11.1 Å². The fraction of sp³-hybridized carbons (Fsp3) is 0.0882. The van der Waals surface area contributed by atoms with E-state index in [1.165, 1.54) is 12.3 Å². The number of rotatable bonds is 2. The number of hydrogen-bond donors (Lipinski definition) is 0. The molecule has 0 N–H and O–H groups in total. The Hall–Kier alpha value is -4.43. The highest BCUT2D eigenvalue weighted by atomic mass is 16.3. The maximum atomic E-state index is 8.18. The molecule has 0 atom stereocenters. The molecule has 0 unspecified atom stereocenters. The third-order valence-electron chi connectivity index (χ3n) is 7.07. The van der Waals surface area contributed by atoms with Crippen molar-refractivity contribution in [2.75, 3.05) is 0 Å². The lowest BCUT2D eigenvalue weighted by Gasteiger charge is -2.12. The quantitative estimate of drug-likeness (QED) is 0.236. The summed E-state index contributed by atoms with van der Waals surface area (Å²) < 4.78 is 54.5. The Kier molecular flexibility index (Phi) is 3.36. The Balaban J connectivity index is 1.48. The lowest BCUT2D eigenvalue weighted by Crippen LogP contribution is -1.92. The summed E-state index contributed by atoms with van der Waals surface area (Å²) in [5.74, 6) is 0. The van der Waals surface area contributed by atoms with Crippen LogP contribution in [0.5, 0.6) is 0 Å². The molecule has 172 valence electrons. The molecule has 0 fully saturated rings. The van der Waals surface area contributed by atoms with Crippen molar-refractivity contribution in [3.05, 3.63) is 114 Å². The van der Waals surface area contributed by atoms with Crippen molar-refractivity contribution in [1.29, 1.82) is 0 Å². The first-order valence-corrected chi connectivity index (χ1v) is 11.9. The molecule has 2 aromatic heterocycles. The minimum Gasteiger partial charge on any atom is -0.455 e. The highest BCUT2D eigenvalue weighted by Gasteiger charge is 2.17. The molecule has 7 rings (SSSR count). The Morgan fingerprint density at radius 2 is 1.47 bits per heavy atom. The van der Waals surface area contributed by atoms with E-state index in [0.717, 1.165) is 43.5 Å². The van der Waals surface area contributed by atoms with Crippen molar-refractivity contribution in [2.24, 2.45) is 0 Å². The number of fused-ring (bicyclic) bond motifs is 7. The number of aromatic nitrogens is 1. The van der Waals surface area contributed by atoms with Crippen LogP contribution in [0.4, 0.5) is 0 Å². The van der Waals surface area contributed by atoms with E-state index in [9.17, 15) is 0 Å². The molecular weight excluding hydrogens is 438 g/mol. The summed E-state index contributed by atoms with van der Waals surface area (Å²) in [4.78, 5) is 4.61. The molecule has 0 aliphatic carbocycles. The molecule has 0 amide bonds. The van der Waals surface area contributed by atoms with Gasteiger partial charge in [0, 0.05) is 36.1 Å². The van der Waals surface area contributed by atoms with Crippen LogP contribution in [0, 0.1) is 20.6 Å². The van der Waals surface area contributed by atoms with Crippen LogP contribution in [0.2, 0.25) is 0 Å². The second kappa shape index (κ2) is 7.79. The number of benzene rings is 5. The fourth-order valence-electron chi connectivity index (χ4n) is 5.34. The Morgan fingerprint density at radius 3 is 2.36 bits per heavy atom. The van der Waals surface area contributed by atoms with E-state index < -0.39 is 13.7 Å². The van der Waals surface area contributed by atoms with Crippen LogP contribution in [0.3, 0.4) is 0 Å². The van der Waals surface area contributed by atoms with Crippen molar-refractivity contribution < 1.29 is 12.6 Å². The molecule has 2 nitrogen and oxygen atoms in total. The summed E-state index contributed by atoms with van der Waals surface area (Å²) in [6.45, 7) is -2.88. The summed E-state index contributed by atoms with van der Waals surface area (Å²) in [5.41, 5.74) is 4.89. The monoisotopic (exact) mass is 469 g/mol. The van der Waals surface area contributed by atoms with Crippen molar-refractivity contribution in [3.8, 4) is 22.4 Å². The second-order valence-corrected chi connectivity index (χ2v) is 9.26. The van der Waals surface area contributed by atoms with Gasteiger partial charge in [0.2, 0.25) is 0 Å². The first-order chi connectivity index (χ1) is 20.0. The van der Waals surface area contributed by atoms with E-state index >= 15 is 0 Å². The van der Waals surface area contributed by atoms with E-state index in [1.54, 1.807) is 25.1 Å². The summed E-state index contributed by atoms with van der Waals surface area (Å²) in [5, 5.41) is 6.30. The van der Waals surface area contributed by atoms with Gasteiger partial charge < -0.3 is 4.42 Å². The molecule has 0 spiro atoms. The van der Waals surface area contributed by atoms with Gasteiger partial charge in [-0.3, -0.25) is 4.98 Å². The van der Waals surface area contributed by atoms with Crippen LogP contribution in [0.25, 0.3) is 65.9 Å². The first-order valence-electron chi connectivity index (χ1n) is 14.9. The Morgan fingerprint density at radius 1 is 0.639 bits per heavy atom. The van der Waals surface area contributed by atoms with Crippen LogP contribution < -0.4 is 0 Å². The second-order valence-electron chi connectivity index (χ2n) is 9.26. The van der Waals surface area contributed by atoms with Crippen LogP contribution in [0.15, 0.2) is 102 Å². The van der Waals surface area contributed by atoms with E-state index in [4.69, 9.17) is 12.6 Å². The predicted octanol–water partition coefficient (Wildman–Crippen LogP) is 9.55. The van der Waals surface area contributed by atoms with Gasteiger partial charge in [-0.05, 0) is 77.2 Å². The summed E-state index contributed by atoms with van der Waals surface area (Å²) in [7, 11) is 0. The summed E-state index contributed by atoms with van der Waals surface area (Å²) in [6.07, 6.45) is 1.40. The lowest BCUT2D eigenvalue weighted by molar-refractivity contribution is 0.674. The highest BCUT2D eigenvalue weighted by Crippen LogP contribution is 2.41. The highest BCUT2D eigenvalue weighted by molar-refractivity contribution is 6.23. The number of aryl methyl sites for hydroxylation is 3. The zero-order valence-corrected chi connectivity index (χ0v) is 19.6. The predicted molar refractivity (Wildman–Crippen MR) is 152 cm³/mol. The molecule has 0 aliphatic heterocycles. The van der Waals surface area contributed by atoms with E-state index in [1.807, 2.05) is 30.3 Å². The standard InChI is InChI=1S/C34H25NO/c1-20-11-15-25(21(2)17-20)30-18-31(35-19-22(30)3)29-10-6-9-27-28-16-14-24-13-12-23-7-4-5-8-26(23)32(24)34(28)36-33(27)29/h4-19H,1-3H3/i1D3,3D3. The van der Waals surface area contributed by atoms with Gasteiger partial charge in [-0.2, -0.15) is 0 Å². The number of hydrogen-bond acceptors (Lipinski definition) is 2. The SMILES string of the molecule is [2H]C([2H])([2H])c1ccc(-c2cc(-c3cccc4c3oc3c4ccc4ccc5ccccc5c43)ncc2C([2H])([2H])[2H])c(C)c1. The normalized spacial score (nSPS) is 14.9. The third-order valence-corrected chi connectivity index (χ3v) is 7.07. The van der Waals surface area contributed by atoms with Crippen LogP contribution in [-0.2, 0) is 0 Å². The molecule has 0 aliphatic rings. The van der Waals surface area contributed by atoms with Crippen LogP contribution >= 0.6 is 0 Å². The largest absolute Gasteiger partial charge is 0.455 e. The molecule has 5 aromatic carbocycles. The number of nitrogens with zero attached hydrogens (tertiary/aromatic N) is 1. The topological polar surface area (TPSA) is 26.0 Å². The molecule has 0 radical (unpaired) electrons. The molecule has 0 saturated carbocycles. The van der Waals surface area contributed by atoms with Crippen molar-refractivity contribution in [2.45, 2.75) is 20.6 Å². The van der Waals surface area contributed by atoms with Gasteiger partial charge in [0.1, 0.15) is 11.2 Å². The van der Waals surface area contributed by atoms with Gasteiger partial charge in [-0.25, -0.2) is 0 Å². The molecular formula is C34H25NO. The van der Waals surface area contributed by atoms with Crippen molar-refractivity contribution >= 4 is 43.5 Å². The average Bonchev–Trinajstić information content (AvgIpc) is 3.35. The molecule has 2 heterocycles. The zero-order chi connectivity index (χ0) is 29.4. The lowest BCUT2D eigenvalue weighted by atomic mass is 9.94. The maximum Gasteiger partial charge on any atom is 0.144 e. The fourth-order valence-corrected chi connectivity index (χ4v) is 5.34. The van der Waals surface area contributed by atoms with Gasteiger partial charge in [0.25, 0.3) is 0 Å². The smallest absolute Gasteiger partial charge is 0.144 e. The van der Waals surface area contributed by atoms with Gasteiger partial charge in [-0.15, -0.1) is 0 Å². The van der Waals surface area contributed by atoms with E-state index in [0.29, 0.717) is 28.0 Å². The van der Waals surface area contributed by atoms with Gasteiger partial charge in [-0.1, -0.05) is 78.4 Å². The molecule has 2 heteroatoms. The molecule has 0 bridgehead atoms. The Bertz CT molecular complexity index is 2190. The number of para-hydroxylation sites is 1. The maximum absolute atomic E-state index is 8.18. The number of pyridine rings is 1. The molecule has 7 aromatic rings. The van der Waals surface area contributed by atoms with Crippen molar-refractivity contribution in [1.82, 2.24) is 4.98 Å². The number of furan rings is 1. The summed E-state index contributed by atoms with van der Waals surface area (Å²) in [6, 6.07) is 29.1.